The molecule has 3 aromatic rings. The highest BCUT2D eigenvalue weighted by Crippen LogP contribution is 2.13. The number of nitrogens with one attached hydrogen (secondary N) is 1. The van der Waals surface area contributed by atoms with Gasteiger partial charge in [-0.1, -0.05) is 24.3 Å². The lowest BCUT2D eigenvalue weighted by atomic mass is 10.1. The molecule has 2 heterocycles. The van der Waals surface area contributed by atoms with E-state index in [1.807, 2.05) is 42.5 Å². The van der Waals surface area contributed by atoms with Crippen molar-refractivity contribution in [2.24, 2.45) is 0 Å². The van der Waals surface area contributed by atoms with E-state index in [1.165, 1.54) is 0 Å². The third-order valence-corrected chi connectivity index (χ3v) is 3.37. The Morgan fingerprint density at radius 2 is 2.05 bits per heavy atom. The van der Waals surface area contributed by atoms with Gasteiger partial charge in [0.15, 0.2) is 0 Å². The summed E-state index contributed by atoms with van der Waals surface area (Å²) >= 11 is 0. The molecular formula is C17H13N3O. The lowest BCUT2D eigenvalue weighted by molar-refractivity contribution is 1.05. The minimum absolute atomic E-state index is 0.0743. The number of H-pyrrole nitrogens is 1. The Morgan fingerprint density at radius 3 is 2.81 bits per heavy atom. The van der Waals surface area contributed by atoms with Crippen LogP contribution in [-0.2, 0) is 12.8 Å². The van der Waals surface area contributed by atoms with Gasteiger partial charge in [-0.3, -0.25) is 9.78 Å². The van der Waals surface area contributed by atoms with Crippen molar-refractivity contribution < 1.29 is 0 Å². The van der Waals surface area contributed by atoms with Crippen LogP contribution in [0.5, 0.6) is 0 Å². The first-order valence-electron chi connectivity index (χ1n) is 6.68. The first kappa shape index (κ1) is 13.1. The summed E-state index contributed by atoms with van der Waals surface area (Å²) in [5.41, 5.74) is 3.18. The smallest absolute Gasteiger partial charge is 0.251 e. The van der Waals surface area contributed by atoms with Crippen LogP contribution in [0.1, 0.15) is 16.8 Å². The van der Waals surface area contributed by atoms with Crippen molar-refractivity contribution in [3.05, 3.63) is 75.8 Å². The predicted octanol–water partition coefficient (Wildman–Crippen LogP) is 2.58. The number of pyridine rings is 2. The van der Waals surface area contributed by atoms with Crippen LogP contribution in [0.4, 0.5) is 0 Å². The number of hydrogen-bond donors (Lipinski definition) is 1. The summed E-state index contributed by atoms with van der Waals surface area (Å²) in [6, 6.07) is 15.4. The summed E-state index contributed by atoms with van der Waals surface area (Å²) in [6.07, 6.45) is 2.55. The second-order valence-corrected chi connectivity index (χ2v) is 4.88. The molecule has 1 aromatic carbocycles. The van der Waals surface area contributed by atoms with Gasteiger partial charge < -0.3 is 4.98 Å². The van der Waals surface area contributed by atoms with Crippen LogP contribution in [0, 0.1) is 11.3 Å². The van der Waals surface area contributed by atoms with Crippen LogP contribution in [0.15, 0.2) is 53.5 Å². The van der Waals surface area contributed by atoms with Gasteiger partial charge in [0.2, 0.25) is 0 Å². The largest absolute Gasteiger partial charge is 0.322 e. The van der Waals surface area contributed by atoms with E-state index < -0.39 is 0 Å². The summed E-state index contributed by atoms with van der Waals surface area (Å²) in [4.78, 5) is 19.2. The first-order chi connectivity index (χ1) is 10.3. The zero-order valence-electron chi connectivity index (χ0n) is 11.3. The van der Waals surface area contributed by atoms with Crippen LogP contribution >= 0.6 is 0 Å². The molecular weight excluding hydrogens is 262 g/mol. The number of benzene rings is 1. The van der Waals surface area contributed by atoms with E-state index in [4.69, 9.17) is 5.26 Å². The van der Waals surface area contributed by atoms with Gasteiger partial charge >= 0.3 is 0 Å². The highest BCUT2D eigenvalue weighted by Gasteiger charge is 2.04. The van der Waals surface area contributed by atoms with Crippen LogP contribution in [-0.4, -0.2) is 9.97 Å². The zero-order valence-corrected chi connectivity index (χ0v) is 11.3. The van der Waals surface area contributed by atoms with Gasteiger partial charge in [0.1, 0.15) is 0 Å². The van der Waals surface area contributed by atoms with E-state index in [1.54, 1.807) is 6.20 Å². The molecule has 0 fully saturated rings. The highest BCUT2D eigenvalue weighted by atomic mass is 16.1. The Bertz CT molecular complexity index is 873. The quantitative estimate of drug-likeness (QED) is 0.798. The SMILES string of the molecule is N#CCc1ccc(Cc2cc3ccccc3[nH]c2=O)cn1. The van der Waals surface area contributed by atoms with Crippen molar-refractivity contribution in [1.29, 1.82) is 5.26 Å². The van der Waals surface area contributed by atoms with Crippen LogP contribution in [0.2, 0.25) is 0 Å². The standard InChI is InChI=1S/C17H13N3O/c18-8-7-15-6-5-12(11-19-15)9-14-10-13-3-1-2-4-16(13)20-17(14)21/h1-6,10-11H,7,9H2,(H,20,21). The molecule has 0 bridgehead atoms. The maximum absolute atomic E-state index is 12.1. The molecule has 102 valence electrons. The molecule has 2 aromatic heterocycles. The van der Waals surface area contributed by atoms with Crippen molar-refractivity contribution in [3.8, 4) is 6.07 Å². The molecule has 0 aliphatic carbocycles. The van der Waals surface area contributed by atoms with Crippen molar-refractivity contribution >= 4 is 10.9 Å². The monoisotopic (exact) mass is 275 g/mol. The van der Waals surface area contributed by atoms with E-state index in [9.17, 15) is 4.79 Å². The van der Waals surface area contributed by atoms with Crippen molar-refractivity contribution in [2.45, 2.75) is 12.8 Å². The van der Waals surface area contributed by atoms with Crippen LogP contribution in [0.25, 0.3) is 10.9 Å². The number of fused-ring (bicyclic) bond motifs is 1. The van der Waals surface area contributed by atoms with Crippen molar-refractivity contribution in [2.75, 3.05) is 0 Å². The minimum Gasteiger partial charge on any atom is -0.322 e. The van der Waals surface area contributed by atoms with Gasteiger partial charge in [0.25, 0.3) is 5.56 Å². The van der Waals surface area contributed by atoms with Gasteiger partial charge in [0, 0.05) is 23.7 Å². The molecule has 0 unspecified atom stereocenters. The number of para-hydroxylation sites is 1. The van der Waals surface area contributed by atoms with Gasteiger partial charge in [-0.2, -0.15) is 5.26 Å². The second kappa shape index (κ2) is 5.59. The number of nitrogens with zero attached hydrogens (tertiary/aromatic N) is 2. The molecule has 0 aliphatic rings. The lowest BCUT2D eigenvalue weighted by Crippen LogP contribution is -2.12. The summed E-state index contributed by atoms with van der Waals surface area (Å²) in [5, 5.41) is 9.64. The van der Waals surface area contributed by atoms with E-state index in [-0.39, 0.29) is 5.56 Å². The van der Waals surface area contributed by atoms with E-state index in [0.29, 0.717) is 18.4 Å². The van der Waals surface area contributed by atoms with E-state index in [2.05, 4.69) is 16.0 Å². The van der Waals surface area contributed by atoms with Crippen LogP contribution in [0.3, 0.4) is 0 Å². The molecule has 0 atom stereocenters. The third-order valence-electron chi connectivity index (χ3n) is 3.37. The molecule has 0 radical (unpaired) electrons. The molecule has 0 saturated carbocycles. The highest BCUT2D eigenvalue weighted by molar-refractivity contribution is 5.78. The van der Waals surface area contributed by atoms with Gasteiger partial charge in [-0.25, -0.2) is 0 Å². The molecule has 3 rings (SSSR count). The van der Waals surface area contributed by atoms with E-state index in [0.717, 1.165) is 22.2 Å². The van der Waals surface area contributed by atoms with Crippen molar-refractivity contribution in [1.82, 2.24) is 9.97 Å². The number of aromatic amines is 1. The van der Waals surface area contributed by atoms with E-state index >= 15 is 0 Å². The summed E-state index contributed by atoms with van der Waals surface area (Å²) < 4.78 is 0. The fourth-order valence-corrected chi connectivity index (χ4v) is 2.29. The molecule has 4 nitrogen and oxygen atoms in total. The Labute approximate surface area is 121 Å². The summed E-state index contributed by atoms with van der Waals surface area (Å²) in [7, 11) is 0. The predicted molar refractivity (Wildman–Crippen MR) is 80.9 cm³/mol. The number of aromatic nitrogens is 2. The molecule has 4 heteroatoms. The average Bonchev–Trinajstić information content (AvgIpc) is 2.50. The first-order valence-corrected chi connectivity index (χ1v) is 6.68. The summed E-state index contributed by atoms with van der Waals surface area (Å²) in [6.45, 7) is 0. The maximum Gasteiger partial charge on any atom is 0.251 e. The molecule has 1 N–H and O–H groups in total. The fraction of sp³-hybridized carbons (Fsp3) is 0.118. The zero-order chi connectivity index (χ0) is 14.7. The minimum atomic E-state index is -0.0743. The Kier molecular flexibility index (Phi) is 3.48. The maximum atomic E-state index is 12.1. The van der Waals surface area contributed by atoms with Gasteiger partial charge in [-0.15, -0.1) is 0 Å². The second-order valence-electron chi connectivity index (χ2n) is 4.88. The fourth-order valence-electron chi connectivity index (χ4n) is 2.29. The molecule has 0 amide bonds. The lowest BCUT2D eigenvalue weighted by Gasteiger charge is -2.04. The third kappa shape index (κ3) is 2.82. The number of nitriles is 1. The molecule has 21 heavy (non-hydrogen) atoms. The normalized spacial score (nSPS) is 10.4. The van der Waals surface area contributed by atoms with Crippen LogP contribution < -0.4 is 5.56 Å². The average molecular weight is 275 g/mol. The molecule has 0 saturated heterocycles. The summed E-state index contributed by atoms with van der Waals surface area (Å²) in [5.74, 6) is 0. The van der Waals surface area contributed by atoms with Gasteiger partial charge in [-0.05, 0) is 29.1 Å². The molecule has 0 spiro atoms. The number of hydrogen-bond acceptors (Lipinski definition) is 3. The molecule has 0 aliphatic heterocycles. The Hall–Kier alpha value is -2.93. The Balaban J connectivity index is 1.92. The Morgan fingerprint density at radius 1 is 1.19 bits per heavy atom. The number of rotatable bonds is 3. The van der Waals surface area contributed by atoms with Crippen molar-refractivity contribution in [3.63, 3.8) is 0 Å². The van der Waals surface area contributed by atoms with Gasteiger partial charge in [0.05, 0.1) is 18.2 Å². The topological polar surface area (TPSA) is 69.5 Å².